The Morgan fingerprint density at radius 3 is 1.31 bits per heavy atom. The van der Waals surface area contributed by atoms with E-state index in [1.807, 2.05) is 0 Å². The predicted octanol–water partition coefficient (Wildman–Crippen LogP) is 9.82. The van der Waals surface area contributed by atoms with Crippen molar-refractivity contribution in [2.24, 2.45) is 0 Å². The lowest BCUT2D eigenvalue weighted by atomic mass is 9.93. The molecule has 0 spiro atoms. The van der Waals surface area contributed by atoms with Crippen LogP contribution in [0.25, 0.3) is 43.1 Å². The first-order chi connectivity index (χ1) is 23.8. The molecule has 0 aromatic heterocycles. The molecule has 9 aromatic carbocycles. The molecule has 0 aliphatic rings. The van der Waals surface area contributed by atoms with Gasteiger partial charge in [0.15, 0.2) is 0 Å². The minimum atomic E-state index is -0.825. The zero-order valence-corrected chi connectivity index (χ0v) is 28.2. The summed E-state index contributed by atoms with van der Waals surface area (Å²) in [5.41, 5.74) is 0. The van der Waals surface area contributed by atoms with E-state index in [0.717, 1.165) is 0 Å². The molecule has 0 saturated heterocycles. The average Bonchev–Trinajstić information content (AvgIpc) is 3.16. The van der Waals surface area contributed by atoms with Gasteiger partial charge in [0.05, 0.1) is 0 Å². The second kappa shape index (κ2) is 12.5. The van der Waals surface area contributed by atoms with Crippen LogP contribution in [0.4, 0.5) is 0 Å². The van der Waals surface area contributed by atoms with Crippen molar-refractivity contribution in [1.29, 1.82) is 0 Å². The van der Waals surface area contributed by atoms with Gasteiger partial charge in [-0.25, -0.2) is 0 Å². The average molecular weight is 647 g/mol. The summed E-state index contributed by atoms with van der Waals surface area (Å²) in [6, 6.07) is 72.3. The van der Waals surface area contributed by atoms with Crippen LogP contribution in [0.3, 0.4) is 0 Å². The zero-order chi connectivity index (χ0) is 31.9. The smallest absolute Gasteiger partial charge is 0.00139 e. The topological polar surface area (TPSA) is 0 Å². The molecule has 0 aliphatic heterocycles. The largest absolute Gasteiger partial charge is 0.0622 e. The van der Waals surface area contributed by atoms with Crippen LogP contribution in [0.15, 0.2) is 194 Å². The first kappa shape index (κ1) is 29.1. The highest BCUT2D eigenvalue weighted by Crippen LogP contribution is 2.43. The van der Waals surface area contributed by atoms with E-state index in [9.17, 15) is 0 Å². The van der Waals surface area contributed by atoms with Crippen molar-refractivity contribution < 1.29 is 0 Å². The molecule has 0 aliphatic carbocycles. The monoisotopic (exact) mass is 646 g/mol. The molecule has 0 N–H and O–H groups in total. The van der Waals surface area contributed by atoms with E-state index in [-0.39, 0.29) is 0 Å². The molecule has 2 heteroatoms. The normalized spacial score (nSPS) is 11.7. The highest BCUT2D eigenvalue weighted by Gasteiger charge is 2.23. The van der Waals surface area contributed by atoms with Gasteiger partial charge < -0.3 is 0 Å². The molecule has 0 unspecified atom stereocenters. The fourth-order valence-corrected chi connectivity index (χ4v) is 12.0. The first-order valence-corrected chi connectivity index (χ1v) is 19.1. The molecule has 0 nitrogen and oxygen atoms in total. The number of hydrogen-bond acceptors (Lipinski definition) is 0. The Labute approximate surface area is 283 Å². The van der Waals surface area contributed by atoms with E-state index in [0.29, 0.717) is 0 Å². The van der Waals surface area contributed by atoms with Gasteiger partial charge in [0.25, 0.3) is 0 Å². The van der Waals surface area contributed by atoms with E-state index >= 15 is 0 Å². The molecule has 0 fully saturated rings. The minimum Gasteiger partial charge on any atom is -0.0622 e. The Bertz CT molecular complexity index is 2470. The van der Waals surface area contributed by atoms with Gasteiger partial charge in [-0.2, -0.15) is 0 Å². The Balaban J connectivity index is 1.41. The second-order valence-electron chi connectivity index (χ2n) is 12.2. The molecule has 48 heavy (non-hydrogen) atoms. The molecule has 0 amide bonds. The number of fused-ring (bicyclic) bond motifs is 7. The lowest BCUT2D eigenvalue weighted by molar-refractivity contribution is 1.75. The van der Waals surface area contributed by atoms with E-state index in [2.05, 4.69) is 194 Å². The Kier molecular flexibility index (Phi) is 7.55. The molecular weight excluding hydrogens is 614 g/mol. The minimum absolute atomic E-state index is 0.733. The summed E-state index contributed by atoms with van der Waals surface area (Å²) in [5, 5.41) is 18.7. The SMILES string of the molecule is c1ccc(P(c2ccccc2)c2ccc3c(c2)cc(P(c2ccccc2)c2ccccc2)c2ccc4ccc5ccccc5c4c23)cc1. The summed E-state index contributed by atoms with van der Waals surface area (Å²) in [4.78, 5) is 0. The van der Waals surface area contributed by atoms with E-state index in [4.69, 9.17) is 0 Å². The molecule has 226 valence electrons. The maximum atomic E-state index is 2.52. The number of benzene rings is 9. The standard InChI is InChI=1S/C46H32P2/c1-5-16-36(17-6-1)47(37-18-7-2-8-19-37)40-28-30-42-35(31-40)32-44(48(38-20-9-3-10-21-38)39-22-11-4-12-23-39)43-29-27-34-26-25-33-15-13-14-24-41(33)45(34)46(42)43/h1-32H. The quantitative estimate of drug-likeness (QED) is 0.125. The van der Waals surface area contributed by atoms with Gasteiger partial charge in [-0.1, -0.05) is 182 Å². The van der Waals surface area contributed by atoms with Crippen LogP contribution in [0.2, 0.25) is 0 Å². The fraction of sp³-hybridized carbons (Fsp3) is 0. The third-order valence-electron chi connectivity index (χ3n) is 9.34. The summed E-state index contributed by atoms with van der Waals surface area (Å²) < 4.78 is 0. The van der Waals surface area contributed by atoms with Crippen molar-refractivity contribution in [3.63, 3.8) is 0 Å². The van der Waals surface area contributed by atoms with Crippen molar-refractivity contribution in [2.45, 2.75) is 0 Å². The lowest BCUT2D eigenvalue weighted by Gasteiger charge is -2.24. The summed E-state index contributed by atoms with van der Waals surface area (Å²) in [6.45, 7) is 0. The van der Waals surface area contributed by atoms with Gasteiger partial charge in [0.1, 0.15) is 0 Å². The van der Waals surface area contributed by atoms with Crippen LogP contribution >= 0.6 is 15.8 Å². The highest BCUT2D eigenvalue weighted by atomic mass is 31.1. The van der Waals surface area contributed by atoms with Crippen LogP contribution in [0, 0.1) is 0 Å². The van der Waals surface area contributed by atoms with E-state index in [1.54, 1.807) is 0 Å². The number of hydrogen-bond donors (Lipinski definition) is 0. The molecular formula is C46H32P2. The number of rotatable bonds is 6. The van der Waals surface area contributed by atoms with Gasteiger partial charge in [-0.05, 0) is 103 Å². The van der Waals surface area contributed by atoms with E-state index < -0.39 is 15.8 Å². The van der Waals surface area contributed by atoms with Crippen molar-refractivity contribution in [2.75, 3.05) is 0 Å². The maximum Gasteiger partial charge on any atom is -0.00139 e. The van der Waals surface area contributed by atoms with Gasteiger partial charge in [-0.15, -0.1) is 0 Å². The fourth-order valence-electron chi connectivity index (χ4n) is 7.22. The molecule has 9 rings (SSSR count). The summed E-state index contributed by atoms with van der Waals surface area (Å²) >= 11 is 0. The van der Waals surface area contributed by atoms with Crippen LogP contribution in [-0.4, -0.2) is 0 Å². The Hall–Kier alpha value is -5.12. The molecule has 0 saturated carbocycles. The third-order valence-corrected chi connectivity index (χ3v) is 14.2. The highest BCUT2D eigenvalue weighted by molar-refractivity contribution is 7.80. The summed E-state index contributed by atoms with van der Waals surface area (Å²) in [6.07, 6.45) is 0. The van der Waals surface area contributed by atoms with Crippen LogP contribution < -0.4 is 31.8 Å². The Morgan fingerprint density at radius 2 is 0.708 bits per heavy atom. The van der Waals surface area contributed by atoms with Crippen molar-refractivity contribution in [1.82, 2.24) is 0 Å². The van der Waals surface area contributed by atoms with Crippen molar-refractivity contribution >= 4 is 90.8 Å². The van der Waals surface area contributed by atoms with Gasteiger partial charge >= 0.3 is 0 Å². The molecule has 0 atom stereocenters. The summed E-state index contributed by atoms with van der Waals surface area (Å²) in [7, 11) is -1.56. The second-order valence-corrected chi connectivity index (χ2v) is 16.6. The molecule has 9 aromatic rings. The van der Waals surface area contributed by atoms with Crippen molar-refractivity contribution in [3.8, 4) is 0 Å². The summed E-state index contributed by atoms with van der Waals surface area (Å²) in [5.74, 6) is 0. The van der Waals surface area contributed by atoms with Crippen LogP contribution in [0.5, 0.6) is 0 Å². The van der Waals surface area contributed by atoms with Gasteiger partial charge in [0.2, 0.25) is 0 Å². The maximum absolute atomic E-state index is 2.52. The van der Waals surface area contributed by atoms with Crippen LogP contribution in [-0.2, 0) is 0 Å². The first-order valence-electron chi connectivity index (χ1n) is 16.4. The van der Waals surface area contributed by atoms with Crippen LogP contribution in [0.1, 0.15) is 0 Å². The molecule has 0 bridgehead atoms. The van der Waals surface area contributed by atoms with Gasteiger partial charge in [0, 0.05) is 0 Å². The van der Waals surface area contributed by atoms with E-state index in [1.165, 1.54) is 74.9 Å². The predicted molar refractivity (Wildman–Crippen MR) is 214 cm³/mol. The molecule has 0 radical (unpaired) electrons. The lowest BCUT2D eigenvalue weighted by Crippen LogP contribution is -2.22. The molecule has 0 heterocycles. The van der Waals surface area contributed by atoms with Crippen molar-refractivity contribution in [3.05, 3.63) is 194 Å². The van der Waals surface area contributed by atoms with Gasteiger partial charge in [-0.3, -0.25) is 0 Å². The zero-order valence-electron chi connectivity index (χ0n) is 26.4. The third kappa shape index (κ3) is 5.10. The Morgan fingerprint density at radius 1 is 0.250 bits per heavy atom.